The van der Waals surface area contributed by atoms with Crippen molar-refractivity contribution in [3.8, 4) is 5.75 Å². The molecule has 4 rings (SSSR count). The number of nitrogens with one attached hydrogen (secondary N) is 1. The summed E-state index contributed by atoms with van der Waals surface area (Å²) in [6, 6.07) is 24.5. The number of carbonyl (C=O) groups is 1. The zero-order chi connectivity index (χ0) is 21.1. The third-order valence-electron chi connectivity index (χ3n) is 5.47. The van der Waals surface area contributed by atoms with Gasteiger partial charge in [0.2, 0.25) is 5.91 Å². The Bertz CT molecular complexity index is 1050. The van der Waals surface area contributed by atoms with Crippen LogP contribution in [0.15, 0.2) is 77.9 Å². The highest BCUT2D eigenvalue weighted by Crippen LogP contribution is 2.58. The summed E-state index contributed by atoms with van der Waals surface area (Å²) in [5.41, 5.74) is 5.61. The first-order valence-electron chi connectivity index (χ1n) is 9.53. The Morgan fingerprint density at radius 3 is 2.23 bits per heavy atom. The van der Waals surface area contributed by atoms with Crippen molar-refractivity contribution < 1.29 is 9.53 Å². The molecule has 3 aromatic rings. The van der Waals surface area contributed by atoms with E-state index in [1.807, 2.05) is 48.5 Å². The number of ether oxygens (including phenoxy) is 1. The molecule has 0 aromatic heterocycles. The van der Waals surface area contributed by atoms with Gasteiger partial charge in [0.25, 0.3) is 0 Å². The molecular formula is C24H20I2N2O2. The van der Waals surface area contributed by atoms with Crippen LogP contribution in [-0.4, -0.2) is 19.2 Å². The van der Waals surface area contributed by atoms with Crippen LogP contribution in [0, 0.1) is 13.1 Å². The molecule has 0 radical (unpaired) electrons. The maximum Gasteiger partial charge on any atom is 0.244 e. The molecule has 1 saturated carbocycles. The molecule has 0 aliphatic heterocycles. The van der Waals surface area contributed by atoms with Crippen LogP contribution in [0.4, 0.5) is 0 Å². The maximum atomic E-state index is 13.0. The summed E-state index contributed by atoms with van der Waals surface area (Å²) in [5.74, 6) is 0.527. The monoisotopic (exact) mass is 622 g/mol. The molecule has 30 heavy (non-hydrogen) atoms. The Kier molecular flexibility index (Phi) is 6.43. The van der Waals surface area contributed by atoms with Crippen LogP contribution in [-0.2, 0) is 10.2 Å². The van der Waals surface area contributed by atoms with E-state index in [0.717, 1.165) is 36.0 Å². The van der Waals surface area contributed by atoms with Gasteiger partial charge in [-0.25, -0.2) is 5.43 Å². The Morgan fingerprint density at radius 2 is 1.67 bits per heavy atom. The van der Waals surface area contributed by atoms with E-state index in [-0.39, 0.29) is 17.2 Å². The summed E-state index contributed by atoms with van der Waals surface area (Å²) in [5, 5.41) is 4.24. The van der Waals surface area contributed by atoms with E-state index in [9.17, 15) is 4.79 Å². The van der Waals surface area contributed by atoms with Gasteiger partial charge in [-0.3, -0.25) is 4.79 Å². The first-order chi connectivity index (χ1) is 14.6. The number of hydrogen-bond donors (Lipinski definition) is 1. The van der Waals surface area contributed by atoms with E-state index >= 15 is 0 Å². The van der Waals surface area contributed by atoms with Crippen LogP contribution in [0.3, 0.4) is 0 Å². The minimum absolute atomic E-state index is 0.0711. The minimum atomic E-state index is -0.294. The van der Waals surface area contributed by atoms with E-state index in [1.165, 1.54) is 0 Å². The number of rotatable bonds is 6. The molecule has 0 unspecified atom stereocenters. The van der Waals surface area contributed by atoms with Gasteiger partial charge in [-0.05, 0) is 74.9 Å². The van der Waals surface area contributed by atoms with Crippen molar-refractivity contribution in [2.24, 2.45) is 11.0 Å². The van der Waals surface area contributed by atoms with Gasteiger partial charge in [-0.2, -0.15) is 5.10 Å². The van der Waals surface area contributed by atoms with Gasteiger partial charge in [0, 0.05) is 14.5 Å². The Morgan fingerprint density at radius 1 is 1.07 bits per heavy atom. The average Bonchev–Trinajstić information content (AvgIpc) is 3.52. The Balaban J connectivity index is 1.56. The van der Waals surface area contributed by atoms with E-state index < -0.39 is 0 Å². The fraction of sp³-hybridized carbons (Fsp3) is 0.167. The molecule has 3 aromatic carbocycles. The number of hydrazone groups is 1. The molecule has 1 fully saturated rings. The minimum Gasteiger partial charge on any atom is -0.495 e. The highest BCUT2D eigenvalue weighted by Gasteiger charge is 2.60. The first kappa shape index (κ1) is 21.3. The lowest BCUT2D eigenvalue weighted by Gasteiger charge is -2.18. The molecule has 152 valence electrons. The standard InChI is InChI=1S/C24H20I2N2O2/c1-30-22-16(12-19(25)13-21(22)26)15-27-28-23(29)20-14-24(20,17-8-4-2-5-9-17)18-10-6-3-7-11-18/h2-13,15,20H,14H2,1H3,(H,28,29)/t20-/m1/s1. The molecule has 4 nitrogen and oxygen atoms in total. The number of halogens is 2. The molecule has 0 spiro atoms. The van der Waals surface area contributed by atoms with Crippen molar-refractivity contribution in [2.75, 3.05) is 7.11 Å². The van der Waals surface area contributed by atoms with E-state index in [4.69, 9.17) is 4.74 Å². The summed E-state index contributed by atoms with van der Waals surface area (Å²) in [7, 11) is 1.64. The molecule has 0 bridgehead atoms. The van der Waals surface area contributed by atoms with Crippen molar-refractivity contribution in [3.63, 3.8) is 0 Å². The van der Waals surface area contributed by atoms with Gasteiger partial charge in [-0.1, -0.05) is 60.7 Å². The van der Waals surface area contributed by atoms with E-state index in [1.54, 1.807) is 13.3 Å². The lowest BCUT2D eigenvalue weighted by Crippen LogP contribution is -2.25. The number of benzene rings is 3. The Labute approximate surface area is 203 Å². The topological polar surface area (TPSA) is 50.7 Å². The SMILES string of the molecule is COc1c(I)cc(I)cc1C=NNC(=O)[C@H]1CC1(c1ccccc1)c1ccccc1. The van der Waals surface area contributed by atoms with Crippen molar-refractivity contribution in [1.82, 2.24) is 5.43 Å². The summed E-state index contributed by atoms with van der Waals surface area (Å²) in [6.07, 6.45) is 2.42. The maximum absolute atomic E-state index is 13.0. The number of carbonyl (C=O) groups excluding carboxylic acids is 1. The molecule has 1 amide bonds. The molecule has 1 aliphatic carbocycles. The largest absolute Gasteiger partial charge is 0.495 e. The second-order valence-corrected chi connectivity index (χ2v) is 9.61. The quantitative estimate of drug-likeness (QED) is 0.229. The average molecular weight is 622 g/mol. The van der Waals surface area contributed by atoms with Crippen molar-refractivity contribution in [2.45, 2.75) is 11.8 Å². The van der Waals surface area contributed by atoms with Crippen LogP contribution in [0.2, 0.25) is 0 Å². The second-order valence-electron chi connectivity index (χ2n) is 7.20. The number of amides is 1. The molecule has 1 atom stereocenters. The van der Waals surface area contributed by atoms with Gasteiger partial charge in [0.1, 0.15) is 5.75 Å². The van der Waals surface area contributed by atoms with Crippen LogP contribution >= 0.6 is 45.2 Å². The lowest BCUT2D eigenvalue weighted by molar-refractivity contribution is -0.122. The van der Waals surface area contributed by atoms with Gasteiger partial charge >= 0.3 is 0 Å². The fourth-order valence-electron chi connectivity index (χ4n) is 3.99. The fourth-order valence-corrected chi connectivity index (χ4v) is 6.10. The third kappa shape index (κ3) is 4.12. The number of methoxy groups -OCH3 is 1. The molecule has 0 heterocycles. The summed E-state index contributed by atoms with van der Waals surface area (Å²) in [4.78, 5) is 13.0. The van der Waals surface area contributed by atoms with Crippen molar-refractivity contribution in [1.29, 1.82) is 0 Å². The number of nitrogens with zero attached hydrogens (tertiary/aromatic N) is 1. The van der Waals surface area contributed by atoms with E-state index in [0.29, 0.717) is 0 Å². The summed E-state index contributed by atoms with van der Waals surface area (Å²) in [6.45, 7) is 0. The third-order valence-corrected chi connectivity index (χ3v) is 6.90. The van der Waals surface area contributed by atoms with Crippen LogP contribution in [0.5, 0.6) is 5.75 Å². The molecule has 0 saturated heterocycles. The Hall–Kier alpha value is -1.94. The van der Waals surface area contributed by atoms with Gasteiger partial charge in [-0.15, -0.1) is 0 Å². The van der Waals surface area contributed by atoms with Gasteiger partial charge in [0.15, 0.2) is 0 Å². The van der Waals surface area contributed by atoms with Crippen LogP contribution < -0.4 is 10.2 Å². The zero-order valence-electron chi connectivity index (χ0n) is 16.3. The smallest absolute Gasteiger partial charge is 0.244 e. The van der Waals surface area contributed by atoms with Crippen molar-refractivity contribution in [3.05, 3.63) is 96.6 Å². The van der Waals surface area contributed by atoms with Crippen LogP contribution in [0.1, 0.15) is 23.1 Å². The lowest BCUT2D eigenvalue weighted by atomic mass is 9.85. The summed E-state index contributed by atoms with van der Waals surface area (Å²) >= 11 is 4.49. The summed E-state index contributed by atoms with van der Waals surface area (Å²) < 4.78 is 7.57. The molecular weight excluding hydrogens is 602 g/mol. The highest BCUT2D eigenvalue weighted by atomic mass is 127. The predicted molar refractivity (Wildman–Crippen MR) is 136 cm³/mol. The second kappa shape index (κ2) is 9.05. The molecule has 1 N–H and O–H groups in total. The highest BCUT2D eigenvalue weighted by molar-refractivity contribution is 14.1. The van der Waals surface area contributed by atoms with Gasteiger partial charge in [0.05, 0.1) is 22.8 Å². The van der Waals surface area contributed by atoms with Gasteiger partial charge < -0.3 is 4.74 Å². The normalized spacial score (nSPS) is 17.0. The molecule has 6 heteroatoms. The predicted octanol–water partition coefficient (Wildman–Crippen LogP) is 5.36. The molecule has 1 aliphatic rings. The number of hydrogen-bond acceptors (Lipinski definition) is 3. The zero-order valence-corrected chi connectivity index (χ0v) is 20.6. The first-order valence-corrected chi connectivity index (χ1v) is 11.7. The van der Waals surface area contributed by atoms with E-state index in [2.05, 4.69) is 80.0 Å². The van der Waals surface area contributed by atoms with Crippen LogP contribution in [0.25, 0.3) is 0 Å². The van der Waals surface area contributed by atoms with Crippen molar-refractivity contribution >= 4 is 57.3 Å².